The van der Waals surface area contributed by atoms with Gasteiger partial charge in [0.1, 0.15) is 0 Å². The summed E-state index contributed by atoms with van der Waals surface area (Å²) < 4.78 is 0. The van der Waals surface area contributed by atoms with Crippen molar-refractivity contribution in [2.45, 2.75) is 26.8 Å². The summed E-state index contributed by atoms with van der Waals surface area (Å²) in [6.07, 6.45) is 0. The van der Waals surface area contributed by atoms with Crippen LogP contribution in [0, 0.1) is 13.8 Å². The Kier molecular flexibility index (Phi) is 4.50. The van der Waals surface area contributed by atoms with Gasteiger partial charge in [-0.3, -0.25) is 4.79 Å². The second kappa shape index (κ2) is 5.66. The van der Waals surface area contributed by atoms with E-state index in [1.54, 1.807) is 7.05 Å². The molecule has 0 aliphatic heterocycles. The van der Waals surface area contributed by atoms with Crippen LogP contribution in [-0.2, 0) is 4.79 Å². The monoisotopic (exact) mass is 220 g/mol. The molecule has 0 aliphatic rings. The minimum absolute atomic E-state index is 0.0240. The van der Waals surface area contributed by atoms with Gasteiger partial charge in [0, 0.05) is 0 Å². The lowest BCUT2D eigenvalue weighted by molar-refractivity contribution is -0.120. The third-order valence-corrected chi connectivity index (χ3v) is 2.83. The van der Waals surface area contributed by atoms with Crippen LogP contribution >= 0.6 is 0 Å². The van der Waals surface area contributed by atoms with Crippen molar-refractivity contribution in [2.24, 2.45) is 0 Å². The van der Waals surface area contributed by atoms with E-state index >= 15 is 0 Å². The van der Waals surface area contributed by atoms with Gasteiger partial charge in [0.05, 0.1) is 12.6 Å². The minimum atomic E-state index is 0.0240. The molecular weight excluding hydrogens is 200 g/mol. The molecule has 3 nitrogen and oxygen atoms in total. The van der Waals surface area contributed by atoms with Gasteiger partial charge >= 0.3 is 0 Å². The molecule has 0 bridgehead atoms. The molecule has 1 amide bonds. The average molecular weight is 220 g/mol. The molecule has 1 rings (SSSR count). The first-order valence-electron chi connectivity index (χ1n) is 5.56. The van der Waals surface area contributed by atoms with Crippen LogP contribution in [0.2, 0.25) is 0 Å². The van der Waals surface area contributed by atoms with Crippen molar-refractivity contribution in [3.05, 3.63) is 34.9 Å². The van der Waals surface area contributed by atoms with Crippen molar-refractivity contribution in [1.29, 1.82) is 0 Å². The van der Waals surface area contributed by atoms with Gasteiger partial charge in [-0.1, -0.05) is 18.2 Å². The van der Waals surface area contributed by atoms with E-state index in [4.69, 9.17) is 0 Å². The number of carbonyl (C=O) groups is 1. The summed E-state index contributed by atoms with van der Waals surface area (Å²) in [7, 11) is 1.77. The lowest BCUT2D eigenvalue weighted by Crippen LogP contribution is -2.34. The molecule has 0 fully saturated rings. The zero-order valence-electron chi connectivity index (χ0n) is 10.4. The summed E-state index contributed by atoms with van der Waals surface area (Å²) in [4.78, 5) is 11.4. The van der Waals surface area contributed by atoms with Crippen molar-refractivity contribution in [2.75, 3.05) is 13.6 Å². The third kappa shape index (κ3) is 3.07. The minimum Gasteiger partial charge on any atom is -0.348 e. The Morgan fingerprint density at radius 3 is 2.69 bits per heavy atom. The maximum atomic E-state index is 11.4. The van der Waals surface area contributed by atoms with Crippen LogP contribution in [-0.4, -0.2) is 19.5 Å². The quantitative estimate of drug-likeness (QED) is 0.811. The molecule has 88 valence electrons. The highest BCUT2D eigenvalue weighted by Gasteiger charge is 2.11. The van der Waals surface area contributed by atoms with Crippen LogP contribution in [0.5, 0.6) is 0 Å². The first-order chi connectivity index (χ1) is 7.56. The molecule has 1 atom stereocenters. The Balaban J connectivity index is 2.76. The molecule has 0 spiro atoms. The summed E-state index contributed by atoms with van der Waals surface area (Å²) in [5.74, 6) is 0.0240. The standard InChI is InChI=1S/C13H20N2O/c1-9-6-5-7-12(10(9)2)11(3)15-13(16)8-14-4/h5-7,11,14H,8H2,1-4H3,(H,15,16). The lowest BCUT2D eigenvalue weighted by atomic mass is 9.98. The van der Waals surface area contributed by atoms with Crippen molar-refractivity contribution < 1.29 is 4.79 Å². The van der Waals surface area contributed by atoms with Gasteiger partial charge in [0.2, 0.25) is 5.91 Å². The van der Waals surface area contributed by atoms with Crippen molar-refractivity contribution in [3.63, 3.8) is 0 Å². The van der Waals surface area contributed by atoms with Gasteiger partial charge in [-0.05, 0) is 44.5 Å². The second-order valence-electron chi connectivity index (χ2n) is 4.11. The van der Waals surface area contributed by atoms with E-state index in [0.29, 0.717) is 6.54 Å². The molecular formula is C13H20N2O. The maximum absolute atomic E-state index is 11.4. The highest BCUT2D eigenvalue weighted by Crippen LogP contribution is 2.19. The van der Waals surface area contributed by atoms with Gasteiger partial charge in [0.25, 0.3) is 0 Å². The molecule has 1 aromatic rings. The molecule has 0 aliphatic carbocycles. The summed E-state index contributed by atoms with van der Waals surface area (Å²) in [6.45, 7) is 6.54. The van der Waals surface area contributed by atoms with E-state index in [2.05, 4.69) is 36.6 Å². The molecule has 2 N–H and O–H groups in total. The van der Waals surface area contributed by atoms with E-state index in [1.165, 1.54) is 16.7 Å². The molecule has 0 radical (unpaired) electrons. The Morgan fingerprint density at radius 1 is 1.38 bits per heavy atom. The Labute approximate surface area is 97.2 Å². The van der Waals surface area contributed by atoms with E-state index < -0.39 is 0 Å². The molecule has 0 heterocycles. The second-order valence-corrected chi connectivity index (χ2v) is 4.11. The van der Waals surface area contributed by atoms with Gasteiger partial charge in [-0.25, -0.2) is 0 Å². The zero-order chi connectivity index (χ0) is 12.1. The fourth-order valence-corrected chi connectivity index (χ4v) is 1.77. The first-order valence-corrected chi connectivity index (χ1v) is 5.56. The number of carbonyl (C=O) groups excluding carboxylic acids is 1. The first kappa shape index (κ1) is 12.7. The van der Waals surface area contributed by atoms with Crippen LogP contribution in [0.3, 0.4) is 0 Å². The molecule has 1 aromatic carbocycles. The number of amides is 1. The normalized spacial score (nSPS) is 12.2. The van der Waals surface area contributed by atoms with Gasteiger partial charge < -0.3 is 10.6 Å². The zero-order valence-corrected chi connectivity index (χ0v) is 10.4. The summed E-state index contributed by atoms with van der Waals surface area (Å²) in [6, 6.07) is 6.23. The highest BCUT2D eigenvalue weighted by molar-refractivity contribution is 5.78. The van der Waals surface area contributed by atoms with Gasteiger partial charge in [-0.2, -0.15) is 0 Å². The van der Waals surface area contributed by atoms with E-state index in [9.17, 15) is 4.79 Å². The van der Waals surface area contributed by atoms with Crippen LogP contribution in [0.4, 0.5) is 0 Å². The molecule has 16 heavy (non-hydrogen) atoms. The molecule has 3 heteroatoms. The third-order valence-electron chi connectivity index (χ3n) is 2.83. The molecule has 0 aromatic heterocycles. The Hall–Kier alpha value is -1.35. The molecule has 0 saturated heterocycles. The largest absolute Gasteiger partial charge is 0.348 e. The lowest BCUT2D eigenvalue weighted by Gasteiger charge is -2.17. The van der Waals surface area contributed by atoms with E-state index in [1.807, 2.05) is 13.0 Å². The fraction of sp³-hybridized carbons (Fsp3) is 0.462. The van der Waals surface area contributed by atoms with Crippen molar-refractivity contribution >= 4 is 5.91 Å². The van der Waals surface area contributed by atoms with Crippen LogP contribution in [0.15, 0.2) is 18.2 Å². The Morgan fingerprint density at radius 2 is 2.06 bits per heavy atom. The van der Waals surface area contributed by atoms with Crippen molar-refractivity contribution in [1.82, 2.24) is 10.6 Å². The number of likely N-dealkylation sites (N-methyl/N-ethyl adjacent to an activating group) is 1. The number of hydrogen-bond donors (Lipinski definition) is 2. The SMILES string of the molecule is CNCC(=O)NC(C)c1cccc(C)c1C. The van der Waals surface area contributed by atoms with Crippen LogP contribution in [0.1, 0.15) is 29.7 Å². The van der Waals surface area contributed by atoms with Crippen LogP contribution < -0.4 is 10.6 Å². The summed E-state index contributed by atoms with van der Waals surface area (Å²) >= 11 is 0. The summed E-state index contributed by atoms with van der Waals surface area (Å²) in [5, 5.41) is 5.80. The van der Waals surface area contributed by atoms with E-state index in [-0.39, 0.29) is 11.9 Å². The molecule has 1 unspecified atom stereocenters. The van der Waals surface area contributed by atoms with Gasteiger partial charge in [0.15, 0.2) is 0 Å². The smallest absolute Gasteiger partial charge is 0.234 e. The Bertz CT molecular complexity index is 374. The number of nitrogens with one attached hydrogen (secondary N) is 2. The number of rotatable bonds is 4. The van der Waals surface area contributed by atoms with Crippen molar-refractivity contribution in [3.8, 4) is 0 Å². The highest BCUT2D eigenvalue weighted by atomic mass is 16.1. The fourth-order valence-electron chi connectivity index (χ4n) is 1.77. The van der Waals surface area contributed by atoms with Crippen LogP contribution in [0.25, 0.3) is 0 Å². The average Bonchev–Trinajstić information content (AvgIpc) is 2.22. The van der Waals surface area contributed by atoms with E-state index in [0.717, 1.165) is 0 Å². The number of hydrogen-bond acceptors (Lipinski definition) is 2. The maximum Gasteiger partial charge on any atom is 0.234 e. The summed E-state index contributed by atoms with van der Waals surface area (Å²) in [5.41, 5.74) is 3.69. The number of aryl methyl sites for hydroxylation is 1. The number of benzene rings is 1. The van der Waals surface area contributed by atoms with Gasteiger partial charge in [-0.15, -0.1) is 0 Å². The topological polar surface area (TPSA) is 41.1 Å². The predicted octanol–water partition coefficient (Wildman–Crippen LogP) is 1.70. The predicted molar refractivity (Wildman–Crippen MR) is 66.4 cm³/mol. The molecule has 0 saturated carbocycles.